The van der Waals surface area contributed by atoms with Gasteiger partial charge in [-0.25, -0.2) is 9.97 Å². The van der Waals surface area contributed by atoms with E-state index in [1.807, 2.05) is 20.0 Å². The molecule has 4 nitrogen and oxygen atoms in total. The average molecular weight is 390 g/mol. The summed E-state index contributed by atoms with van der Waals surface area (Å²) in [6, 6.07) is 20.0. The van der Waals surface area contributed by atoms with Crippen molar-refractivity contribution in [1.82, 2.24) is 19.9 Å². The molecular formula is C26H22N4. The Morgan fingerprint density at radius 2 is 1.50 bits per heavy atom. The van der Waals surface area contributed by atoms with Gasteiger partial charge in [0.1, 0.15) is 11.6 Å². The monoisotopic (exact) mass is 390 g/mol. The van der Waals surface area contributed by atoms with Crippen LogP contribution in [0.1, 0.15) is 22.8 Å². The summed E-state index contributed by atoms with van der Waals surface area (Å²) in [6.45, 7) is 4.00. The Labute approximate surface area is 175 Å². The number of imidazole rings is 2. The van der Waals surface area contributed by atoms with E-state index in [4.69, 9.17) is 4.98 Å². The summed E-state index contributed by atoms with van der Waals surface area (Å²) in [7, 11) is 0. The summed E-state index contributed by atoms with van der Waals surface area (Å²) < 4.78 is 0. The lowest BCUT2D eigenvalue weighted by Gasteiger charge is -2.21. The van der Waals surface area contributed by atoms with Gasteiger partial charge < -0.3 is 9.97 Å². The lowest BCUT2D eigenvalue weighted by molar-refractivity contribution is 0.948. The summed E-state index contributed by atoms with van der Waals surface area (Å²) in [5, 5.41) is 0. The van der Waals surface area contributed by atoms with Gasteiger partial charge in [0.25, 0.3) is 0 Å². The van der Waals surface area contributed by atoms with Crippen LogP contribution in [0.3, 0.4) is 0 Å². The van der Waals surface area contributed by atoms with E-state index in [9.17, 15) is 0 Å². The van der Waals surface area contributed by atoms with Gasteiger partial charge in [-0.3, -0.25) is 0 Å². The van der Waals surface area contributed by atoms with Crippen LogP contribution in [-0.4, -0.2) is 19.9 Å². The second-order valence-corrected chi connectivity index (χ2v) is 8.14. The van der Waals surface area contributed by atoms with Crippen LogP contribution in [0.2, 0.25) is 0 Å². The van der Waals surface area contributed by atoms with Gasteiger partial charge in [-0.1, -0.05) is 48.5 Å². The Balaban J connectivity index is 1.38. The summed E-state index contributed by atoms with van der Waals surface area (Å²) >= 11 is 0. The van der Waals surface area contributed by atoms with Crippen molar-refractivity contribution in [1.29, 1.82) is 0 Å². The van der Waals surface area contributed by atoms with Crippen LogP contribution in [0, 0.1) is 13.8 Å². The van der Waals surface area contributed by atoms with Crippen LogP contribution < -0.4 is 0 Å². The topological polar surface area (TPSA) is 57.4 Å². The number of aromatic amines is 2. The zero-order valence-electron chi connectivity index (χ0n) is 17.1. The molecule has 0 aliphatic heterocycles. The van der Waals surface area contributed by atoms with Crippen LogP contribution in [0.4, 0.5) is 0 Å². The molecule has 2 N–H and O–H groups in total. The van der Waals surface area contributed by atoms with Gasteiger partial charge in [-0.2, -0.15) is 0 Å². The quantitative estimate of drug-likeness (QED) is 0.388. The second kappa shape index (κ2) is 6.42. The highest BCUT2D eigenvalue weighted by Gasteiger charge is 2.20. The van der Waals surface area contributed by atoms with Crippen molar-refractivity contribution in [2.24, 2.45) is 0 Å². The van der Waals surface area contributed by atoms with Crippen molar-refractivity contribution in [2.45, 2.75) is 26.7 Å². The summed E-state index contributed by atoms with van der Waals surface area (Å²) in [6.07, 6.45) is 3.97. The van der Waals surface area contributed by atoms with E-state index >= 15 is 0 Å². The first-order valence-corrected chi connectivity index (χ1v) is 10.4. The van der Waals surface area contributed by atoms with Crippen molar-refractivity contribution in [3.8, 4) is 33.5 Å². The van der Waals surface area contributed by atoms with Crippen molar-refractivity contribution < 1.29 is 0 Å². The van der Waals surface area contributed by atoms with E-state index in [0.29, 0.717) is 0 Å². The molecule has 0 fully saturated rings. The molecule has 0 unspecified atom stereocenters. The highest BCUT2D eigenvalue weighted by Crippen LogP contribution is 2.38. The molecule has 30 heavy (non-hydrogen) atoms. The molecule has 3 aromatic carbocycles. The molecule has 5 aromatic rings. The fraction of sp³-hybridized carbons (Fsp3) is 0.154. The van der Waals surface area contributed by atoms with Crippen molar-refractivity contribution in [3.05, 3.63) is 83.6 Å². The van der Waals surface area contributed by atoms with Crippen molar-refractivity contribution >= 4 is 11.0 Å². The maximum Gasteiger partial charge on any atom is 0.104 e. The van der Waals surface area contributed by atoms with Gasteiger partial charge in [0.15, 0.2) is 0 Å². The van der Waals surface area contributed by atoms with Gasteiger partial charge in [0, 0.05) is 0 Å². The van der Waals surface area contributed by atoms with Gasteiger partial charge in [-0.15, -0.1) is 0 Å². The third-order valence-corrected chi connectivity index (χ3v) is 6.15. The molecule has 0 spiro atoms. The van der Waals surface area contributed by atoms with Gasteiger partial charge in [0.2, 0.25) is 0 Å². The smallest absolute Gasteiger partial charge is 0.104 e. The Hall–Kier alpha value is -3.66. The molecule has 2 heterocycles. The molecule has 1 aliphatic rings. The number of nitrogens with zero attached hydrogens (tertiary/aromatic N) is 2. The molecule has 0 saturated carbocycles. The Kier molecular flexibility index (Phi) is 3.69. The average Bonchev–Trinajstić information content (AvgIpc) is 3.38. The Morgan fingerprint density at radius 3 is 2.30 bits per heavy atom. The molecule has 0 amide bonds. The first-order chi connectivity index (χ1) is 14.7. The summed E-state index contributed by atoms with van der Waals surface area (Å²) in [4.78, 5) is 15.7. The third kappa shape index (κ3) is 2.68. The van der Waals surface area contributed by atoms with Crippen LogP contribution in [0.15, 0.2) is 60.8 Å². The lowest BCUT2D eigenvalue weighted by atomic mass is 9.83. The first-order valence-electron chi connectivity index (χ1n) is 10.4. The van der Waals surface area contributed by atoms with E-state index in [2.05, 4.69) is 69.5 Å². The maximum absolute atomic E-state index is 4.74. The molecule has 2 aromatic heterocycles. The van der Waals surface area contributed by atoms with Gasteiger partial charge >= 0.3 is 0 Å². The van der Waals surface area contributed by atoms with Crippen LogP contribution >= 0.6 is 0 Å². The number of H-pyrrole nitrogens is 2. The molecule has 0 bridgehead atoms. The molecule has 146 valence electrons. The van der Waals surface area contributed by atoms with Crippen LogP contribution in [0.5, 0.6) is 0 Å². The number of rotatable bonds is 2. The Morgan fingerprint density at radius 1 is 0.733 bits per heavy atom. The van der Waals surface area contributed by atoms with E-state index < -0.39 is 0 Å². The highest BCUT2D eigenvalue weighted by atomic mass is 14.9. The Bertz CT molecular complexity index is 1400. The molecule has 0 radical (unpaired) electrons. The number of fused-ring (bicyclic) bond motifs is 5. The standard InChI is InChI=1S/C26H22N4/c1-15-27-14-25(28-15)18-5-3-17(4-6-18)19-7-9-21-20(13-19)8-10-23-22(21)11-12-24-26(23)30-16(2)29-24/h3-7,9,11-14H,8,10H2,1-2H3,(H,27,28)(H,29,30). The summed E-state index contributed by atoms with van der Waals surface area (Å²) in [5.74, 6) is 1.92. The first kappa shape index (κ1) is 17.2. The van der Waals surface area contributed by atoms with Crippen LogP contribution in [0.25, 0.3) is 44.5 Å². The predicted octanol–water partition coefficient (Wildman–Crippen LogP) is 6.00. The molecular weight excluding hydrogens is 368 g/mol. The molecule has 0 saturated heterocycles. The van der Waals surface area contributed by atoms with Gasteiger partial charge in [-0.05, 0) is 71.7 Å². The molecule has 0 atom stereocenters. The highest BCUT2D eigenvalue weighted by molar-refractivity contribution is 5.89. The minimum Gasteiger partial charge on any atom is -0.342 e. The third-order valence-electron chi connectivity index (χ3n) is 6.15. The van der Waals surface area contributed by atoms with Crippen LogP contribution in [-0.2, 0) is 12.8 Å². The molecule has 4 heteroatoms. The number of aryl methyl sites for hydroxylation is 4. The largest absolute Gasteiger partial charge is 0.342 e. The number of nitrogens with one attached hydrogen (secondary N) is 2. The SMILES string of the molecule is Cc1ncc(-c2ccc(-c3ccc4c(c3)CCc3c-4ccc4[nH]c(C)nc34)cc2)[nH]1. The molecule has 6 rings (SSSR count). The zero-order chi connectivity index (χ0) is 20.2. The number of aromatic nitrogens is 4. The van der Waals surface area contributed by atoms with E-state index in [1.54, 1.807) is 0 Å². The normalized spacial score (nSPS) is 12.7. The maximum atomic E-state index is 4.74. The van der Waals surface area contributed by atoms with E-state index in [-0.39, 0.29) is 0 Å². The number of hydrogen-bond acceptors (Lipinski definition) is 2. The molecule has 1 aliphatic carbocycles. The minimum atomic E-state index is 0.936. The van der Waals surface area contributed by atoms with Gasteiger partial charge in [0.05, 0.1) is 22.9 Å². The lowest BCUT2D eigenvalue weighted by Crippen LogP contribution is -2.05. The van der Waals surface area contributed by atoms with Crippen molar-refractivity contribution in [2.75, 3.05) is 0 Å². The predicted molar refractivity (Wildman–Crippen MR) is 121 cm³/mol. The summed E-state index contributed by atoms with van der Waals surface area (Å²) in [5.41, 5.74) is 12.4. The number of hydrogen-bond donors (Lipinski definition) is 2. The van der Waals surface area contributed by atoms with E-state index in [1.165, 1.54) is 33.4 Å². The fourth-order valence-corrected chi connectivity index (χ4v) is 4.67. The minimum absolute atomic E-state index is 0.936. The van der Waals surface area contributed by atoms with E-state index in [0.717, 1.165) is 46.8 Å². The zero-order valence-corrected chi connectivity index (χ0v) is 17.1. The second-order valence-electron chi connectivity index (χ2n) is 8.14. The van der Waals surface area contributed by atoms with Crippen molar-refractivity contribution in [3.63, 3.8) is 0 Å². The fourth-order valence-electron chi connectivity index (χ4n) is 4.67. The number of benzene rings is 3.